The molecule has 0 aromatic carbocycles. The summed E-state index contributed by atoms with van der Waals surface area (Å²) in [5.74, 6) is -1.64. The molecule has 0 spiro atoms. The number of hydrogen-bond donors (Lipinski definition) is 1. The summed E-state index contributed by atoms with van der Waals surface area (Å²) in [6.45, 7) is -3.85. The van der Waals surface area contributed by atoms with Crippen molar-refractivity contribution in [2.24, 2.45) is 5.73 Å². The van der Waals surface area contributed by atoms with Crippen molar-refractivity contribution in [3.05, 3.63) is 0 Å². The van der Waals surface area contributed by atoms with Crippen LogP contribution < -0.4 is 57.1 Å². The summed E-state index contributed by atoms with van der Waals surface area (Å²) in [5, 5.41) is 0. The fourth-order valence-electron chi connectivity index (χ4n) is 0. The first-order chi connectivity index (χ1) is 2.94. The number of rotatable bonds is 1. The minimum atomic E-state index is -4.78. The molecule has 2 N–H and O–H groups in total. The average molecular weight is 151 g/mol. The Kier molecular flexibility index (Phi) is 6.53. The van der Waals surface area contributed by atoms with Crippen molar-refractivity contribution in [2.75, 3.05) is 0 Å². The van der Waals surface area contributed by atoms with Gasteiger partial charge in [0.25, 0.3) is 0 Å². The zero-order valence-corrected chi connectivity index (χ0v) is 7.99. The zero-order valence-electron chi connectivity index (χ0n) is 4.87. The Hall–Kier alpha value is 1.45. The van der Waals surface area contributed by atoms with Gasteiger partial charge in [0.05, 0.1) is 0 Å². The normalized spacial score (nSPS) is 14.6. The Labute approximate surface area is 88.7 Å². The molecule has 0 aromatic rings. The quantitative estimate of drug-likeness (QED) is 0.420. The smallest absolute Gasteiger partial charge is 0.448 e. The molecule has 0 aliphatic heterocycles. The fraction of sp³-hybridized carbons (Fsp3) is 1.00. The van der Waals surface area contributed by atoms with E-state index >= 15 is 0 Å². The Morgan fingerprint density at radius 2 is 1.50 bits per heavy atom. The van der Waals surface area contributed by atoms with Crippen molar-refractivity contribution >= 4 is 6.98 Å². The van der Waals surface area contributed by atoms with Crippen LogP contribution in [-0.4, -0.2) is 12.9 Å². The Morgan fingerprint density at radius 3 is 1.50 bits per heavy atom. The van der Waals surface area contributed by atoms with Crippen LogP contribution in [0.5, 0.6) is 0 Å². The van der Waals surface area contributed by atoms with Crippen LogP contribution in [0.15, 0.2) is 0 Å². The van der Waals surface area contributed by atoms with Gasteiger partial charge in [-0.05, 0) is 5.94 Å². The van der Waals surface area contributed by atoms with Crippen LogP contribution in [0.25, 0.3) is 0 Å². The maximum atomic E-state index is 11.1. The molecule has 0 heterocycles. The number of nitrogens with two attached hydrogens (primary N) is 1. The zero-order chi connectivity index (χ0) is 6.08. The second-order valence-electron chi connectivity index (χ2n) is 1.48. The molecule has 0 rings (SSSR count). The van der Waals surface area contributed by atoms with Crippen molar-refractivity contribution in [1.29, 1.82) is 0 Å². The van der Waals surface area contributed by atoms with Gasteiger partial charge in [0.1, 0.15) is 0 Å². The summed E-state index contributed by atoms with van der Waals surface area (Å²) in [6.07, 6.45) is 0. The van der Waals surface area contributed by atoms with Crippen LogP contribution in [0.4, 0.5) is 12.9 Å². The first-order valence-corrected chi connectivity index (χ1v) is 1.90. The minimum Gasteiger partial charge on any atom is -0.448 e. The van der Waals surface area contributed by atoms with Gasteiger partial charge in [0.2, 0.25) is 0 Å². The largest absolute Gasteiger partial charge is 1.00 e. The minimum absolute atomic E-state index is 0. The van der Waals surface area contributed by atoms with Gasteiger partial charge in [-0.15, -0.1) is 0 Å². The SMILES string of the molecule is C[C@H](N)[B-](F)(F)F.[K+]. The van der Waals surface area contributed by atoms with E-state index in [2.05, 4.69) is 5.73 Å². The number of hydrogen-bond acceptors (Lipinski definition) is 1. The third kappa shape index (κ3) is 5.59. The first-order valence-electron chi connectivity index (χ1n) is 1.90. The molecule has 0 radical (unpaired) electrons. The molecular formula is C2H6BF3KN. The molecule has 0 fully saturated rings. The molecule has 1 nitrogen and oxygen atoms in total. The van der Waals surface area contributed by atoms with E-state index in [9.17, 15) is 12.9 Å². The van der Waals surface area contributed by atoms with E-state index in [1.165, 1.54) is 0 Å². The van der Waals surface area contributed by atoms with Crippen molar-refractivity contribution < 1.29 is 64.3 Å². The van der Waals surface area contributed by atoms with Gasteiger partial charge in [0.15, 0.2) is 0 Å². The van der Waals surface area contributed by atoms with Gasteiger partial charge < -0.3 is 18.7 Å². The van der Waals surface area contributed by atoms with Crippen LogP contribution in [0, 0.1) is 0 Å². The predicted molar refractivity (Wildman–Crippen MR) is 22.7 cm³/mol. The molecule has 0 bridgehead atoms. The fourth-order valence-corrected chi connectivity index (χ4v) is 0. The van der Waals surface area contributed by atoms with E-state index < -0.39 is 12.9 Å². The maximum Gasteiger partial charge on any atom is 1.00 e. The van der Waals surface area contributed by atoms with Crippen LogP contribution in [-0.2, 0) is 0 Å². The topological polar surface area (TPSA) is 26.0 Å². The number of halogens is 3. The summed E-state index contributed by atoms with van der Waals surface area (Å²) in [6, 6.07) is 0. The van der Waals surface area contributed by atoms with Crippen LogP contribution in [0.3, 0.4) is 0 Å². The third-order valence-corrected chi connectivity index (χ3v) is 0.596. The third-order valence-electron chi connectivity index (χ3n) is 0.596. The summed E-state index contributed by atoms with van der Waals surface area (Å²) >= 11 is 0. The summed E-state index contributed by atoms with van der Waals surface area (Å²) in [5.41, 5.74) is 4.47. The molecule has 0 unspecified atom stereocenters. The second-order valence-corrected chi connectivity index (χ2v) is 1.48. The molecule has 0 saturated heterocycles. The molecular weight excluding hydrogens is 145 g/mol. The molecule has 8 heavy (non-hydrogen) atoms. The van der Waals surface area contributed by atoms with Crippen molar-refractivity contribution in [3.8, 4) is 0 Å². The molecule has 0 aliphatic carbocycles. The predicted octanol–water partition coefficient (Wildman–Crippen LogP) is -2.28. The van der Waals surface area contributed by atoms with Crippen molar-refractivity contribution in [2.45, 2.75) is 12.9 Å². The van der Waals surface area contributed by atoms with E-state index in [1.807, 2.05) is 0 Å². The van der Waals surface area contributed by atoms with Crippen LogP contribution in [0.2, 0.25) is 0 Å². The van der Waals surface area contributed by atoms with E-state index in [1.54, 1.807) is 0 Å². The van der Waals surface area contributed by atoms with Crippen molar-refractivity contribution in [1.82, 2.24) is 0 Å². The molecule has 0 aliphatic rings. The molecule has 44 valence electrons. The monoisotopic (exact) mass is 151 g/mol. The molecule has 0 amide bonds. The Morgan fingerprint density at radius 1 is 1.38 bits per heavy atom. The van der Waals surface area contributed by atoms with E-state index in [0.717, 1.165) is 6.92 Å². The summed E-state index contributed by atoms with van der Waals surface area (Å²) in [4.78, 5) is 0. The van der Waals surface area contributed by atoms with Gasteiger partial charge in [-0.1, -0.05) is 6.92 Å². The van der Waals surface area contributed by atoms with Gasteiger partial charge in [-0.25, -0.2) is 0 Å². The standard InChI is InChI=1S/C2H6BF3N.K/c1-2(7)3(4,5)6;/h2H,7H2,1H3;/q-1;+1/t2-;/m0./s1. The molecule has 0 aromatic heterocycles. The molecule has 0 saturated carbocycles. The van der Waals surface area contributed by atoms with Crippen LogP contribution >= 0.6 is 0 Å². The van der Waals surface area contributed by atoms with Crippen molar-refractivity contribution in [3.63, 3.8) is 0 Å². The second kappa shape index (κ2) is 4.30. The van der Waals surface area contributed by atoms with Gasteiger partial charge in [-0.2, -0.15) is 0 Å². The van der Waals surface area contributed by atoms with Gasteiger partial charge in [0, 0.05) is 0 Å². The van der Waals surface area contributed by atoms with E-state index in [4.69, 9.17) is 0 Å². The average Bonchev–Trinajstić information content (AvgIpc) is 1.31. The Balaban J connectivity index is 0. The first kappa shape index (κ1) is 12.2. The Bertz CT molecular complexity index is 62.8. The van der Waals surface area contributed by atoms with Gasteiger partial charge in [-0.3, -0.25) is 0 Å². The van der Waals surface area contributed by atoms with E-state index in [0.29, 0.717) is 0 Å². The van der Waals surface area contributed by atoms with E-state index in [-0.39, 0.29) is 51.4 Å². The molecule has 1 atom stereocenters. The summed E-state index contributed by atoms with van der Waals surface area (Å²) in [7, 11) is 0. The van der Waals surface area contributed by atoms with Crippen LogP contribution in [0.1, 0.15) is 6.92 Å². The van der Waals surface area contributed by atoms with Gasteiger partial charge >= 0.3 is 58.4 Å². The molecule has 6 heteroatoms. The summed E-state index contributed by atoms with van der Waals surface area (Å²) < 4.78 is 33.3. The maximum absolute atomic E-state index is 11.1.